The number of halogens is 2. The van der Waals surface area contributed by atoms with Crippen molar-refractivity contribution < 1.29 is 9.53 Å². The molecule has 0 saturated heterocycles. The largest absolute Gasteiger partial charge is 0.443 e. The fourth-order valence-electron chi connectivity index (χ4n) is 2.68. The molecule has 0 amide bonds. The van der Waals surface area contributed by atoms with Crippen LogP contribution >= 0.6 is 31.9 Å². The van der Waals surface area contributed by atoms with E-state index in [1.807, 2.05) is 57.3 Å². The van der Waals surface area contributed by atoms with Gasteiger partial charge in [-0.05, 0) is 69.3 Å². The van der Waals surface area contributed by atoms with Crippen molar-refractivity contribution in [2.75, 3.05) is 0 Å². The maximum Gasteiger partial charge on any atom is 0.418 e. The molecule has 4 nitrogen and oxygen atoms in total. The highest BCUT2D eigenvalue weighted by Gasteiger charge is 2.18. The first-order valence-corrected chi connectivity index (χ1v) is 23.5. The van der Waals surface area contributed by atoms with Crippen LogP contribution in [0.3, 0.4) is 0 Å². The molecule has 2 heterocycles. The number of aromatic amines is 1. The van der Waals surface area contributed by atoms with Gasteiger partial charge in [-0.15, -0.1) is 0 Å². The second-order valence-electron chi connectivity index (χ2n) is 7.62. The van der Waals surface area contributed by atoms with Crippen LogP contribution in [0.25, 0.3) is 21.8 Å². The van der Waals surface area contributed by atoms with E-state index in [1.54, 1.807) is 59.5 Å². The van der Waals surface area contributed by atoms with Gasteiger partial charge in [-0.3, -0.25) is 4.57 Å². The Morgan fingerprint density at radius 3 is 2.00 bits per heavy atom. The summed E-state index contributed by atoms with van der Waals surface area (Å²) in [6.07, 6.45) is 3.32. The number of nitrogens with zero attached hydrogens (tertiary/aromatic N) is 1. The minimum Gasteiger partial charge on any atom is -0.443 e. The molecule has 0 radical (unpaired) electrons. The SMILES string of the molecule is Brc1ccc2[nH]ccc2c1.CC(C)(C)OC(=O)n1ccc2cc(Br)ccc21.S=S=S=S=S=S=S=S=S=S. The fourth-order valence-corrected chi connectivity index (χ4v) is 19.9. The predicted octanol–water partition coefficient (Wildman–Crippen LogP) is 7.09. The fraction of sp³-hybridized carbons (Fsp3) is 0.190. The third kappa shape index (κ3) is 12.9. The van der Waals surface area contributed by atoms with Gasteiger partial charge in [-0.1, -0.05) is 31.9 Å². The molecule has 200 valence electrons. The van der Waals surface area contributed by atoms with E-state index in [0.717, 1.165) is 19.8 Å². The molecule has 0 aliphatic carbocycles. The number of benzene rings is 2. The summed E-state index contributed by atoms with van der Waals surface area (Å²) in [5.41, 5.74) is 1.55. The summed E-state index contributed by atoms with van der Waals surface area (Å²) in [5.74, 6) is 0. The van der Waals surface area contributed by atoms with Crippen molar-refractivity contribution in [3.05, 3.63) is 69.9 Å². The molecule has 0 fully saturated rings. The van der Waals surface area contributed by atoms with Gasteiger partial charge in [0.05, 0.1) is 5.52 Å². The van der Waals surface area contributed by atoms with Crippen LogP contribution in [0.2, 0.25) is 0 Å². The average Bonchev–Trinajstić information content (AvgIpc) is 3.47. The van der Waals surface area contributed by atoms with E-state index in [1.165, 1.54) is 33.2 Å². The van der Waals surface area contributed by atoms with Gasteiger partial charge in [0.25, 0.3) is 0 Å². The number of ether oxygens (including phenoxy) is 1. The normalized spacial score (nSPS) is 10.1. The minimum absolute atomic E-state index is 0.352. The Hall–Kier alpha value is 0.150. The standard InChI is InChI=1S/C13H14BrNO2.C8H6BrN.S10/c1-13(2,3)17-12(16)15-7-6-9-8-10(14)4-5-11(9)15;9-7-1-2-8-6(5-7)3-4-10-8;1-3-5-7-9-10-8-6-4-2/h4-8H,1-3H3;1-5,10H;. The number of hydrogen-bond donors (Lipinski definition) is 1. The summed E-state index contributed by atoms with van der Waals surface area (Å²) in [4.78, 5) is 15.1. The summed E-state index contributed by atoms with van der Waals surface area (Å²) in [5, 5.41) is 2.25. The summed E-state index contributed by atoms with van der Waals surface area (Å²) in [6.45, 7) is 5.56. The van der Waals surface area contributed by atoms with E-state index in [-0.39, 0.29) is 6.09 Å². The molecule has 1 N–H and O–H groups in total. The lowest BCUT2D eigenvalue weighted by Gasteiger charge is -2.19. The van der Waals surface area contributed by atoms with Gasteiger partial charge < -0.3 is 9.72 Å². The molecular weight excluding hydrogens is 793 g/mol. The molecule has 0 unspecified atom stereocenters. The molecule has 16 heteroatoms. The molecule has 0 aliphatic heterocycles. The zero-order valence-electron chi connectivity index (χ0n) is 19.4. The zero-order chi connectivity index (χ0) is 27.3. The minimum atomic E-state index is -0.483. The predicted molar refractivity (Wildman–Crippen MR) is 191 cm³/mol. The lowest BCUT2D eigenvalue weighted by molar-refractivity contribution is 0.0544. The van der Waals surface area contributed by atoms with E-state index >= 15 is 0 Å². The molecule has 4 aromatic rings. The molecule has 0 spiro atoms. The molecule has 0 saturated carbocycles. The van der Waals surface area contributed by atoms with E-state index < -0.39 is 5.60 Å². The Morgan fingerprint density at radius 1 is 0.838 bits per heavy atom. The van der Waals surface area contributed by atoms with Gasteiger partial charge in [0.2, 0.25) is 0 Å². The van der Waals surface area contributed by atoms with E-state index in [4.69, 9.17) is 4.74 Å². The molecule has 2 aromatic heterocycles. The Morgan fingerprint density at radius 2 is 1.41 bits per heavy atom. The molecule has 37 heavy (non-hydrogen) atoms. The van der Waals surface area contributed by atoms with E-state index in [2.05, 4.69) is 77.4 Å². The maximum atomic E-state index is 11.9. The van der Waals surface area contributed by atoms with Crippen molar-refractivity contribution in [3.8, 4) is 0 Å². The third-order valence-electron chi connectivity index (χ3n) is 3.95. The second kappa shape index (κ2) is 17.8. The number of rotatable bonds is 0. The smallest absolute Gasteiger partial charge is 0.418 e. The van der Waals surface area contributed by atoms with Crippen molar-refractivity contribution in [1.29, 1.82) is 0 Å². The molecule has 0 atom stereocenters. The van der Waals surface area contributed by atoms with Gasteiger partial charge in [0.1, 0.15) is 5.60 Å². The summed E-state index contributed by atoms with van der Waals surface area (Å²) in [7, 11) is 12.7. The maximum absolute atomic E-state index is 11.9. The van der Waals surface area contributed by atoms with Crippen LogP contribution in [0, 0.1) is 0 Å². The second-order valence-corrected chi connectivity index (χ2v) is 23.6. The Labute approximate surface area is 265 Å². The third-order valence-corrected chi connectivity index (χ3v) is 20.5. The van der Waals surface area contributed by atoms with Gasteiger partial charge in [0.15, 0.2) is 0 Å². The van der Waals surface area contributed by atoms with Crippen molar-refractivity contribution in [2.45, 2.75) is 26.4 Å². The topological polar surface area (TPSA) is 47.0 Å². The van der Waals surface area contributed by atoms with Gasteiger partial charge >= 0.3 is 6.09 Å². The van der Waals surface area contributed by atoms with Crippen LogP contribution in [0.1, 0.15) is 20.8 Å². The van der Waals surface area contributed by atoms with Crippen molar-refractivity contribution in [3.63, 3.8) is 0 Å². The van der Waals surface area contributed by atoms with Crippen LogP contribution < -0.4 is 0 Å². The van der Waals surface area contributed by atoms with Crippen LogP contribution in [0.4, 0.5) is 4.79 Å². The number of H-pyrrole nitrogens is 1. The lowest BCUT2D eigenvalue weighted by atomic mass is 10.2. The Bertz CT molecular complexity index is 1690. The number of fused-ring (bicyclic) bond motifs is 2. The van der Waals surface area contributed by atoms with Crippen LogP contribution in [-0.2, 0) is 98.2 Å². The first-order chi connectivity index (χ1) is 17.6. The number of hydrogen-bond acceptors (Lipinski definition) is 4. The number of nitrogens with one attached hydrogen (secondary N) is 1. The quantitative estimate of drug-likeness (QED) is 0.206. The highest BCUT2D eigenvalue weighted by molar-refractivity contribution is 9.10. The summed E-state index contributed by atoms with van der Waals surface area (Å²) < 4.78 is 8.97. The van der Waals surface area contributed by atoms with Crippen molar-refractivity contribution in [1.82, 2.24) is 9.55 Å². The van der Waals surface area contributed by atoms with Crippen LogP contribution in [0.15, 0.2) is 69.9 Å². The molecule has 0 bridgehead atoms. The number of aromatic nitrogens is 2. The monoisotopic (exact) mass is 810 g/mol. The van der Waals surface area contributed by atoms with E-state index in [9.17, 15) is 4.79 Å². The molecule has 2 aromatic carbocycles. The van der Waals surface area contributed by atoms with Gasteiger partial charge in [0, 0.05) is 131 Å². The Balaban J connectivity index is 0.000000208. The average molecular weight is 813 g/mol. The first kappa shape index (κ1) is 33.4. The van der Waals surface area contributed by atoms with Crippen molar-refractivity contribution in [2.24, 2.45) is 0 Å². The summed E-state index contributed by atoms with van der Waals surface area (Å²) >= 11 is 16.1. The zero-order valence-corrected chi connectivity index (χ0v) is 30.7. The summed E-state index contributed by atoms with van der Waals surface area (Å²) in [6, 6.07) is 15.9. The Kier molecular flexibility index (Phi) is 16.0. The highest BCUT2D eigenvalue weighted by Crippen LogP contribution is 2.22. The highest BCUT2D eigenvalue weighted by atomic mass is 79.9. The van der Waals surface area contributed by atoms with Gasteiger partial charge in [-0.25, -0.2) is 4.79 Å². The molecular formula is C21H20Br2N2O2S10. The van der Waals surface area contributed by atoms with E-state index in [0.29, 0.717) is 0 Å². The van der Waals surface area contributed by atoms with Crippen LogP contribution in [0.5, 0.6) is 0 Å². The number of carbonyl (C=O) groups is 1. The van der Waals surface area contributed by atoms with Crippen LogP contribution in [-0.4, -0.2) is 21.2 Å². The molecule has 4 rings (SSSR count). The lowest BCUT2D eigenvalue weighted by Crippen LogP contribution is -2.26. The van der Waals surface area contributed by atoms with Gasteiger partial charge in [-0.2, -0.15) is 0 Å². The molecule has 0 aliphatic rings. The first-order valence-electron chi connectivity index (χ1n) is 9.95. The van der Waals surface area contributed by atoms with Crippen molar-refractivity contribution >= 4 is 153 Å². The number of carbonyl (C=O) groups excluding carboxylic acids is 1.